The van der Waals surface area contributed by atoms with Gasteiger partial charge in [0.05, 0.1) is 38.1 Å². The maximum atomic E-state index is 12.4. The first-order valence-corrected chi connectivity index (χ1v) is 7.01. The predicted octanol–water partition coefficient (Wildman–Crippen LogP) is 1.86. The molecule has 1 atom stereocenters. The minimum atomic E-state index is -1.07. The van der Waals surface area contributed by atoms with Crippen molar-refractivity contribution in [2.75, 3.05) is 12.4 Å². The van der Waals surface area contributed by atoms with E-state index in [4.69, 9.17) is 14.3 Å². The molecule has 7 heteroatoms. The lowest BCUT2D eigenvalue weighted by Gasteiger charge is -2.17. The first-order chi connectivity index (χ1) is 11.1. The highest BCUT2D eigenvalue weighted by Gasteiger charge is 2.22. The smallest absolute Gasteiger partial charge is 0.305 e. The van der Waals surface area contributed by atoms with Crippen molar-refractivity contribution in [1.29, 1.82) is 0 Å². The minimum absolute atomic E-state index is 0.254. The Bertz CT molecular complexity index is 654. The fourth-order valence-corrected chi connectivity index (χ4v) is 2.04. The molecule has 1 aromatic carbocycles. The summed E-state index contributed by atoms with van der Waals surface area (Å²) >= 11 is 0. The van der Waals surface area contributed by atoms with Gasteiger partial charge >= 0.3 is 5.97 Å². The molecule has 0 aliphatic rings. The molecule has 23 heavy (non-hydrogen) atoms. The van der Waals surface area contributed by atoms with E-state index in [1.807, 2.05) is 0 Å². The van der Waals surface area contributed by atoms with E-state index in [0.717, 1.165) is 0 Å². The molecule has 0 aliphatic carbocycles. The van der Waals surface area contributed by atoms with Gasteiger partial charge in [0, 0.05) is 0 Å². The van der Waals surface area contributed by atoms with Crippen LogP contribution in [0.1, 0.15) is 12.2 Å². The van der Waals surface area contributed by atoms with Crippen molar-refractivity contribution in [3.05, 3.63) is 48.4 Å². The molecule has 0 bridgehead atoms. The highest BCUT2D eigenvalue weighted by molar-refractivity contribution is 5.97. The number of amides is 1. The van der Waals surface area contributed by atoms with Crippen LogP contribution in [0.2, 0.25) is 0 Å². The second kappa shape index (κ2) is 8.00. The van der Waals surface area contributed by atoms with Gasteiger partial charge in [-0.05, 0) is 24.3 Å². The number of anilines is 1. The average Bonchev–Trinajstić information content (AvgIpc) is 3.05. The van der Waals surface area contributed by atoms with Crippen LogP contribution in [0, 0.1) is 0 Å². The Labute approximate surface area is 133 Å². The molecule has 0 spiro atoms. The monoisotopic (exact) mass is 318 g/mol. The number of hydrogen-bond acceptors (Lipinski definition) is 5. The molecule has 1 aromatic heterocycles. The molecule has 0 fully saturated rings. The SMILES string of the molecule is COc1ccccc1NC(=O)C(CC(=O)O)NCc1ccco1. The van der Waals surface area contributed by atoms with Gasteiger partial charge in [0.1, 0.15) is 11.5 Å². The molecule has 0 aliphatic heterocycles. The van der Waals surface area contributed by atoms with Crippen LogP contribution in [-0.4, -0.2) is 30.1 Å². The Kier molecular flexibility index (Phi) is 5.76. The van der Waals surface area contributed by atoms with Crippen molar-refractivity contribution in [3.63, 3.8) is 0 Å². The maximum absolute atomic E-state index is 12.4. The van der Waals surface area contributed by atoms with Crippen LogP contribution in [0.3, 0.4) is 0 Å². The number of furan rings is 1. The quantitative estimate of drug-likeness (QED) is 0.687. The fourth-order valence-electron chi connectivity index (χ4n) is 2.04. The van der Waals surface area contributed by atoms with Crippen LogP contribution in [0.15, 0.2) is 47.1 Å². The summed E-state index contributed by atoms with van der Waals surface area (Å²) in [5, 5.41) is 14.5. The Morgan fingerprint density at radius 2 is 2.04 bits per heavy atom. The van der Waals surface area contributed by atoms with Gasteiger partial charge in [0.25, 0.3) is 0 Å². The number of ether oxygens (including phenoxy) is 1. The standard InChI is InChI=1S/C16H18N2O5/c1-22-14-7-3-2-6-12(14)18-16(21)13(9-15(19)20)17-10-11-5-4-8-23-11/h2-8,13,17H,9-10H2,1H3,(H,18,21)(H,19,20). The van der Waals surface area contributed by atoms with Crippen molar-refractivity contribution >= 4 is 17.6 Å². The largest absolute Gasteiger partial charge is 0.495 e. The Morgan fingerprint density at radius 1 is 1.26 bits per heavy atom. The molecule has 122 valence electrons. The lowest BCUT2D eigenvalue weighted by atomic mass is 10.1. The number of nitrogens with one attached hydrogen (secondary N) is 2. The van der Waals surface area contributed by atoms with Crippen LogP contribution >= 0.6 is 0 Å². The lowest BCUT2D eigenvalue weighted by Crippen LogP contribution is -2.41. The molecule has 0 radical (unpaired) electrons. The number of carbonyl (C=O) groups excluding carboxylic acids is 1. The van der Waals surface area contributed by atoms with Crippen molar-refractivity contribution in [1.82, 2.24) is 5.32 Å². The number of aliphatic carboxylic acids is 1. The van der Waals surface area contributed by atoms with Crippen LogP contribution in [0.25, 0.3) is 0 Å². The van der Waals surface area contributed by atoms with E-state index >= 15 is 0 Å². The second-order valence-corrected chi connectivity index (χ2v) is 4.80. The van der Waals surface area contributed by atoms with E-state index < -0.39 is 17.9 Å². The number of carbonyl (C=O) groups is 2. The molecule has 0 saturated carbocycles. The van der Waals surface area contributed by atoms with Crippen molar-refractivity contribution < 1.29 is 23.8 Å². The van der Waals surface area contributed by atoms with Gasteiger partial charge in [-0.1, -0.05) is 12.1 Å². The summed E-state index contributed by atoms with van der Waals surface area (Å²) in [6.45, 7) is 0.254. The number of rotatable bonds is 8. The first kappa shape index (κ1) is 16.6. The Morgan fingerprint density at radius 3 is 2.70 bits per heavy atom. The predicted molar refractivity (Wildman–Crippen MR) is 83.2 cm³/mol. The van der Waals surface area contributed by atoms with Crippen LogP contribution in [0.5, 0.6) is 5.75 Å². The normalized spacial score (nSPS) is 11.7. The number of carboxylic acid groups (broad SMARTS) is 1. The van der Waals surface area contributed by atoms with Crippen LogP contribution in [0.4, 0.5) is 5.69 Å². The van der Waals surface area contributed by atoms with Gasteiger partial charge in [-0.25, -0.2) is 0 Å². The number of para-hydroxylation sites is 2. The highest BCUT2D eigenvalue weighted by atomic mass is 16.5. The third-order valence-corrected chi connectivity index (χ3v) is 3.16. The summed E-state index contributed by atoms with van der Waals surface area (Å²) in [5.41, 5.74) is 0.482. The van der Waals surface area contributed by atoms with Gasteiger partial charge < -0.3 is 19.6 Å². The summed E-state index contributed by atoms with van der Waals surface area (Å²) in [7, 11) is 1.49. The fraction of sp³-hybridized carbons (Fsp3) is 0.250. The van der Waals surface area contributed by atoms with Gasteiger partial charge in [-0.15, -0.1) is 0 Å². The number of carboxylic acids is 1. The van der Waals surface area contributed by atoms with E-state index in [1.54, 1.807) is 36.4 Å². The van der Waals surface area contributed by atoms with Crippen molar-refractivity contribution in [3.8, 4) is 5.75 Å². The molecule has 0 saturated heterocycles. The third-order valence-electron chi connectivity index (χ3n) is 3.16. The maximum Gasteiger partial charge on any atom is 0.305 e. The van der Waals surface area contributed by atoms with Crippen molar-refractivity contribution in [2.45, 2.75) is 19.0 Å². The molecule has 2 aromatic rings. The topological polar surface area (TPSA) is 101 Å². The van der Waals surface area contributed by atoms with Gasteiger partial charge in [-0.2, -0.15) is 0 Å². The summed E-state index contributed by atoms with van der Waals surface area (Å²) < 4.78 is 10.3. The van der Waals surface area contributed by atoms with Crippen molar-refractivity contribution in [2.24, 2.45) is 0 Å². The zero-order valence-electron chi connectivity index (χ0n) is 12.6. The van der Waals surface area contributed by atoms with Crippen LogP contribution in [-0.2, 0) is 16.1 Å². The van der Waals surface area contributed by atoms with Gasteiger partial charge in [0.2, 0.25) is 5.91 Å². The molecular weight excluding hydrogens is 300 g/mol. The number of hydrogen-bond donors (Lipinski definition) is 3. The van der Waals surface area contributed by atoms with Gasteiger partial charge in [0.15, 0.2) is 0 Å². The zero-order chi connectivity index (χ0) is 16.7. The van der Waals surface area contributed by atoms with E-state index in [0.29, 0.717) is 17.2 Å². The Hall–Kier alpha value is -2.80. The molecule has 1 heterocycles. The highest BCUT2D eigenvalue weighted by Crippen LogP contribution is 2.23. The van der Waals surface area contributed by atoms with E-state index in [9.17, 15) is 9.59 Å². The van der Waals surface area contributed by atoms with Gasteiger partial charge in [-0.3, -0.25) is 14.9 Å². The van der Waals surface area contributed by atoms with Crippen LogP contribution < -0.4 is 15.4 Å². The lowest BCUT2D eigenvalue weighted by molar-refractivity contribution is -0.139. The summed E-state index contributed by atoms with van der Waals surface area (Å²) in [6, 6.07) is 9.47. The number of methoxy groups -OCH3 is 1. The molecular formula is C16H18N2O5. The summed E-state index contributed by atoms with van der Waals surface area (Å²) in [5.74, 6) is -0.410. The number of benzene rings is 1. The van der Waals surface area contributed by atoms with E-state index in [2.05, 4.69) is 10.6 Å². The molecule has 7 nitrogen and oxygen atoms in total. The Balaban J connectivity index is 2.04. The molecule has 2 rings (SSSR count). The molecule has 1 unspecified atom stereocenters. The zero-order valence-corrected chi connectivity index (χ0v) is 12.6. The van der Waals surface area contributed by atoms with E-state index in [1.165, 1.54) is 13.4 Å². The average molecular weight is 318 g/mol. The third kappa shape index (κ3) is 4.86. The van der Waals surface area contributed by atoms with E-state index in [-0.39, 0.29) is 13.0 Å². The second-order valence-electron chi connectivity index (χ2n) is 4.80. The molecule has 1 amide bonds. The first-order valence-electron chi connectivity index (χ1n) is 7.01. The summed E-state index contributed by atoms with van der Waals surface area (Å²) in [4.78, 5) is 23.3. The minimum Gasteiger partial charge on any atom is -0.495 e. The summed E-state index contributed by atoms with van der Waals surface area (Å²) in [6.07, 6.45) is 1.17. The molecule has 3 N–H and O–H groups in total.